The van der Waals surface area contributed by atoms with Gasteiger partial charge in [-0.15, -0.1) is 11.3 Å². The zero-order valence-corrected chi connectivity index (χ0v) is 12.6. The van der Waals surface area contributed by atoms with Crippen LogP contribution in [0.3, 0.4) is 0 Å². The first-order valence-corrected chi connectivity index (χ1v) is 7.37. The summed E-state index contributed by atoms with van der Waals surface area (Å²) in [6.07, 6.45) is 1.70. The van der Waals surface area contributed by atoms with Crippen LogP contribution in [-0.4, -0.2) is 22.4 Å². The number of rotatable bonds is 5. The van der Waals surface area contributed by atoms with E-state index in [-0.39, 0.29) is 22.2 Å². The highest BCUT2D eigenvalue weighted by Crippen LogP contribution is 2.27. The summed E-state index contributed by atoms with van der Waals surface area (Å²) < 4.78 is 0. The first kappa shape index (κ1) is 15.4. The Morgan fingerprint density at radius 3 is 2.95 bits per heavy atom. The van der Waals surface area contributed by atoms with Crippen LogP contribution < -0.4 is 5.32 Å². The molecule has 6 nitrogen and oxygen atoms in total. The summed E-state index contributed by atoms with van der Waals surface area (Å²) in [6.45, 7) is 2.32. The largest absolute Gasteiger partial charge is 0.351 e. The highest BCUT2D eigenvalue weighted by Gasteiger charge is 2.20. The van der Waals surface area contributed by atoms with Gasteiger partial charge < -0.3 is 5.32 Å². The van der Waals surface area contributed by atoms with E-state index in [1.54, 1.807) is 6.20 Å². The molecular formula is C13H12ClN3O3S. The van der Waals surface area contributed by atoms with Gasteiger partial charge >= 0.3 is 0 Å². The van der Waals surface area contributed by atoms with Gasteiger partial charge in [0.2, 0.25) is 0 Å². The number of nitrogens with one attached hydrogen (secondary N) is 1. The third kappa shape index (κ3) is 3.56. The lowest BCUT2D eigenvalue weighted by Crippen LogP contribution is -2.27. The molecule has 0 radical (unpaired) electrons. The molecule has 0 bridgehead atoms. The Morgan fingerprint density at radius 2 is 2.33 bits per heavy atom. The lowest BCUT2D eigenvalue weighted by Gasteiger charge is -2.10. The number of hydrogen-bond donors (Lipinski definition) is 1. The van der Waals surface area contributed by atoms with E-state index < -0.39 is 10.8 Å². The fourth-order valence-electron chi connectivity index (χ4n) is 1.74. The summed E-state index contributed by atoms with van der Waals surface area (Å²) in [7, 11) is 0. The fourth-order valence-corrected chi connectivity index (χ4v) is 2.72. The molecule has 1 unspecified atom stereocenters. The first-order chi connectivity index (χ1) is 10.0. The maximum absolute atomic E-state index is 12.1. The molecule has 1 N–H and O–H groups in total. The van der Waals surface area contributed by atoms with Crippen LogP contribution in [0.15, 0.2) is 29.8 Å². The third-order valence-corrected chi connectivity index (χ3v) is 4.27. The molecule has 0 aliphatic carbocycles. The Balaban J connectivity index is 2.07. The molecule has 0 spiro atoms. The fraction of sp³-hybridized carbons (Fsp3) is 0.231. The van der Waals surface area contributed by atoms with Gasteiger partial charge in [-0.05, 0) is 6.07 Å². The number of thiazole rings is 1. The van der Waals surface area contributed by atoms with Crippen LogP contribution in [0.2, 0.25) is 5.02 Å². The maximum Gasteiger partial charge on any atom is 0.288 e. The molecule has 0 saturated heterocycles. The van der Waals surface area contributed by atoms with Crippen molar-refractivity contribution in [3.8, 4) is 0 Å². The number of halogens is 1. The van der Waals surface area contributed by atoms with E-state index in [1.807, 2.05) is 12.3 Å². The van der Waals surface area contributed by atoms with Crippen LogP contribution in [-0.2, 0) is 0 Å². The molecule has 2 aromatic rings. The predicted molar refractivity (Wildman–Crippen MR) is 81.0 cm³/mol. The predicted octanol–water partition coefficient (Wildman–Crippen LogP) is 3.24. The van der Waals surface area contributed by atoms with Gasteiger partial charge in [0.05, 0.1) is 15.5 Å². The van der Waals surface area contributed by atoms with E-state index in [4.69, 9.17) is 11.6 Å². The van der Waals surface area contributed by atoms with Crippen LogP contribution >= 0.6 is 22.9 Å². The Morgan fingerprint density at radius 1 is 1.57 bits per heavy atom. The van der Waals surface area contributed by atoms with Crippen LogP contribution in [0.25, 0.3) is 0 Å². The second-order valence-corrected chi connectivity index (χ2v) is 5.68. The van der Waals surface area contributed by atoms with Crippen molar-refractivity contribution in [2.24, 2.45) is 0 Å². The third-order valence-electron chi connectivity index (χ3n) is 2.86. The van der Waals surface area contributed by atoms with Crippen LogP contribution in [0.5, 0.6) is 0 Å². The van der Waals surface area contributed by atoms with Crippen molar-refractivity contribution in [2.45, 2.75) is 12.8 Å². The Kier molecular flexibility index (Phi) is 4.87. The highest BCUT2D eigenvalue weighted by atomic mass is 35.5. The molecule has 1 aromatic heterocycles. The van der Waals surface area contributed by atoms with E-state index in [2.05, 4.69) is 10.3 Å². The molecular weight excluding hydrogens is 314 g/mol. The minimum Gasteiger partial charge on any atom is -0.351 e. The lowest BCUT2D eigenvalue weighted by molar-refractivity contribution is -0.384. The molecule has 8 heteroatoms. The molecule has 110 valence electrons. The van der Waals surface area contributed by atoms with Crippen molar-refractivity contribution >= 4 is 34.5 Å². The Hall–Kier alpha value is -1.99. The second kappa shape index (κ2) is 6.64. The number of nitro groups is 1. The van der Waals surface area contributed by atoms with Gasteiger partial charge in [0, 0.05) is 30.1 Å². The van der Waals surface area contributed by atoms with Gasteiger partial charge in [-0.25, -0.2) is 4.98 Å². The number of nitrogens with zero attached hydrogens (tertiary/aromatic N) is 2. The van der Waals surface area contributed by atoms with Gasteiger partial charge in [-0.1, -0.05) is 24.6 Å². The summed E-state index contributed by atoms with van der Waals surface area (Å²) in [4.78, 5) is 26.4. The molecule has 1 heterocycles. The summed E-state index contributed by atoms with van der Waals surface area (Å²) in [6, 6.07) is 4.15. The van der Waals surface area contributed by atoms with Gasteiger partial charge in [-0.3, -0.25) is 14.9 Å². The minimum atomic E-state index is -0.614. The number of amides is 1. The Labute approximate surface area is 129 Å². The topological polar surface area (TPSA) is 85.1 Å². The van der Waals surface area contributed by atoms with Crippen LogP contribution in [0, 0.1) is 10.1 Å². The molecule has 21 heavy (non-hydrogen) atoms. The number of carbonyl (C=O) groups is 1. The standard InChI is InChI=1S/C13H12ClN3O3S/c1-8(13-15-5-6-21-13)7-16-12(18)9-3-2-4-10(11(9)14)17(19)20/h2-6,8H,7H2,1H3,(H,16,18). The van der Waals surface area contributed by atoms with Crippen molar-refractivity contribution in [2.75, 3.05) is 6.54 Å². The van der Waals surface area contributed by atoms with Gasteiger partial charge in [-0.2, -0.15) is 0 Å². The summed E-state index contributed by atoms with van der Waals surface area (Å²) in [5.74, 6) is -0.376. The summed E-state index contributed by atoms with van der Waals surface area (Å²) in [5, 5.41) is 16.1. The van der Waals surface area contributed by atoms with Gasteiger partial charge in [0.1, 0.15) is 5.02 Å². The van der Waals surface area contributed by atoms with Crippen molar-refractivity contribution in [1.29, 1.82) is 0 Å². The average molecular weight is 326 g/mol. The molecule has 1 amide bonds. The molecule has 0 saturated carbocycles. The van der Waals surface area contributed by atoms with E-state index in [0.29, 0.717) is 6.54 Å². The zero-order valence-electron chi connectivity index (χ0n) is 11.1. The van der Waals surface area contributed by atoms with Crippen molar-refractivity contribution in [3.63, 3.8) is 0 Å². The van der Waals surface area contributed by atoms with E-state index in [1.165, 1.54) is 29.5 Å². The highest BCUT2D eigenvalue weighted by molar-refractivity contribution is 7.09. The van der Waals surface area contributed by atoms with Gasteiger partial charge in [0.25, 0.3) is 11.6 Å². The second-order valence-electron chi connectivity index (χ2n) is 4.38. The average Bonchev–Trinajstić information content (AvgIpc) is 2.98. The van der Waals surface area contributed by atoms with Crippen molar-refractivity contribution < 1.29 is 9.72 Å². The monoisotopic (exact) mass is 325 g/mol. The van der Waals surface area contributed by atoms with Crippen LogP contribution in [0.4, 0.5) is 5.69 Å². The van der Waals surface area contributed by atoms with E-state index >= 15 is 0 Å². The molecule has 0 aliphatic heterocycles. The first-order valence-electron chi connectivity index (χ1n) is 6.11. The lowest BCUT2D eigenvalue weighted by atomic mass is 10.1. The number of benzene rings is 1. The molecule has 2 rings (SSSR count). The number of nitro benzene ring substituents is 1. The summed E-state index contributed by atoms with van der Waals surface area (Å²) in [5.41, 5.74) is -0.186. The quantitative estimate of drug-likeness (QED) is 0.675. The van der Waals surface area contributed by atoms with E-state index in [9.17, 15) is 14.9 Å². The van der Waals surface area contributed by atoms with E-state index in [0.717, 1.165) is 5.01 Å². The number of hydrogen-bond acceptors (Lipinski definition) is 5. The smallest absolute Gasteiger partial charge is 0.288 e. The molecule has 1 aromatic carbocycles. The Bertz CT molecular complexity index is 661. The van der Waals surface area contributed by atoms with Crippen molar-refractivity contribution in [3.05, 3.63) is 55.5 Å². The SMILES string of the molecule is CC(CNC(=O)c1cccc([N+](=O)[O-])c1Cl)c1nccs1. The van der Waals surface area contributed by atoms with Gasteiger partial charge in [0.15, 0.2) is 0 Å². The minimum absolute atomic E-state index is 0.0615. The van der Waals surface area contributed by atoms with Crippen molar-refractivity contribution in [1.82, 2.24) is 10.3 Å². The normalized spacial score (nSPS) is 11.9. The molecule has 0 aliphatic rings. The molecule has 0 fully saturated rings. The maximum atomic E-state index is 12.1. The molecule has 1 atom stereocenters. The van der Waals surface area contributed by atoms with Crippen LogP contribution in [0.1, 0.15) is 28.2 Å². The zero-order chi connectivity index (χ0) is 15.4. The summed E-state index contributed by atoms with van der Waals surface area (Å²) >= 11 is 7.41. The number of carbonyl (C=O) groups excluding carboxylic acids is 1. The number of aromatic nitrogens is 1.